The van der Waals surface area contributed by atoms with Gasteiger partial charge in [0.15, 0.2) is 0 Å². The van der Waals surface area contributed by atoms with Gasteiger partial charge in [-0.05, 0) is 74.7 Å². The predicted molar refractivity (Wildman–Crippen MR) is 158 cm³/mol. The molecule has 4 rings (SSSR count). The molecule has 10 heteroatoms. The molecular weight excluding hydrogens is 562 g/mol. The largest absolute Gasteiger partial charge is 0.647 e. The van der Waals surface area contributed by atoms with Crippen molar-refractivity contribution in [2.24, 2.45) is 0 Å². The van der Waals surface area contributed by atoms with Gasteiger partial charge < -0.3 is 18.1 Å². The molecule has 2 aromatic rings. The number of phosphoric acid groups is 2. The summed E-state index contributed by atoms with van der Waals surface area (Å²) in [6.07, 6.45) is 22.8. The lowest BCUT2D eigenvalue weighted by atomic mass is 10.1. The Morgan fingerprint density at radius 2 is 1.59 bits per heavy atom. The Morgan fingerprint density at radius 3 is 2.17 bits per heavy atom. The number of para-hydroxylation sites is 1. The summed E-state index contributed by atoms with van der Waals surface area (Å²) in [7, 11) is -8.29. The average molecular weight is 595 g/mol. The first-order valence-electron chi connectivity index (χ1n) is 13.2. The van der Waals surface area contributed by atoms with E-state index < -0.39 is 27.9 Å². The van der Waals surface area contributed by atoms with E-state index in [9.17, 15) is 9.13 Å². The zero-order valence-electron chi connectivity index (χ0n) is 22.6. The smallest absolute Gasteiger partial charge is 0.404 e. The van der Waals surface area contributed by atoms with E-state index in [1.807, 2.05) is 30.4 Å². The summed E-state index contributed by atoms with van der Waals surface area (Å²) >= 11 is 0. The van der Waals surface area contributed by atoms with Crippen molar-refractivity contribution in [1.82, 2.24) is 0 Å². The van der Waals surface area contributed by atoms with Gasteiger partial charge in [0.05, 0.1) is 12.2 Å². The Kier molecular flexibility index (Phi) is 10.9. The van der Waals surface area contributed by atoms with Crippen molar-refractivity contribution in [1.29, 1.82) is 0 Å². The van der Waals surface area contributed by atoms with Crippen LogP contribution >= 0.6 is 15.6 Å². The first kappa shape index (κ1) is 30.2. The van der Waals surface area contributed by atoms with Gasteiger partial charge in [-0.15, -0.1) is 12.3 Å². The highest BCUT2D eigenvalue weighted by Crippen LogP contribution is 2.54. The van der Waals surface area contributed by atoms with Crippen LogP contribution in [0.1, 0.15) is 32.6 Å². The average Bonchev–Trinajstić information content (AvgIpc) is 2.96. The van der Waals surface area contributed by atoms with Crippen LogP contribution in [0.5, 0.6) is 17.2 Å². The molecular formula is C31H32O8P2. The molecule has 214 valence electrons. The molecule has 0 spiro atoms. The van der Waals surface area contributed by atoms with Gasteiger partial charge in [-0.1, -0.05) is 60.7 Å². The van der Waals surface area contributed by atoms with E-state index >= 15 is 0 Å². The summed E-state index contributed by atoms with van der Waals surface area (Å²) in [4.78, 5) is 0. The minimum Gasteiger partial charge on any atom is -0.404 e. The number of benzene rings is 2. The van der Waals surface area contributed by atoms with E-state index in [1.54, 1.807) is 61.6 Å². The molecule has 8 nitrogen and oxygen atoms in total. The maximum absolute atomic E-state index is 13.8. The Labute approximate surface area is 241 Å². The van der Waals surface area contributed by atoms with E-state index in [-0.39, 0.29) is 17.9 Å². The highest BCUT2D eigenvalue weighted by molar-refractivity contribution is 7.49. The van der Waals surface area contributed by atoms with E-state index in [0.29, 0.717) is 17.9 Å². The van der Waals surface area contributed by atoms with Gasteiger partial charge in [0.1, 0.15) is 23.0 Å². The van der Waals surface area contributed by atoms with Crippen molar-refractivity contribution >= 4 is 15.6 Å². The van der Waals surface area contributed by atoms with Crippen molar-refractivity contribution in [2.75, 3.05) is 0 Å². The van der Waals surface area contributed by atoms with Crippen LogP contribution in [0.4, 0.5) is 0 Å². The summed E-state index contributed by atoms with van der Waals surface area (Å²) in [6.45, 7) is 1.80. The Hall–Kier alpha value is -3.72. The highest BCUT2D eigenvalue weighted by atomic mass is 31.2. The topological polar surface area (TPSA) is 89.5 Å². The van der Waals surface area contributed by atoms with Crippen LogP contribution in [0.25, 0.3) is 0 Å². The number of hydrogen-bond acceptors (Lipinski definition) is 8. The van der Waals surface area contributed by atoms with Gasteiger partial charge >= 0.3 is 15.6 Å². The fourth-order valence-electron chi connectivity index (χ4n) is 3.78. The summed E-state index contributed by atoms with van der Waals surface area (Å²) in [5.41, 5.74) is 0. The fourth-order valence-corrected chi connectivity index (χ4v) is 6.52. The van der Waals surface area contributed by atoms with Crippen LogP contribution in [0.2, 0.25) is 0 Å². The Bertz CT molecular complexity index is 1430. The SMILES string of the molecule is C#CCC(C=CC)OP(=O)(Oc1ccc(OP(=O)(OC2=CCCC=C2)Oc2ccccc2)cc1)OC1C=CC=CC1. The third-order valence-electron chi connectivity index (χ3n) is 5.59. The van der Waals surface area contributed by atoms with E-state index in [2.05, 4.69) is 5.92 Å². The molecule has 2 aromatic carbocycles. The maximum Gasteiger partial charge on any atom is 0.647 e. The quantitative estimate of drug-likeness (QED) is 0.122. The molecule has 2 aliphatic carbocycles. The fraction of sp³-hybridized carbons (Fsp3) is 0.226. The standard InChI is InChI=1S/C31H32O8P2/c1-3-14-26(15-4-2)34-40(32,35-27-16-8-5-9-17-27)38-30-22-24-31(25-23-30)39-41(33,36-28-18-10-6-11-19-28)37-29-20-12-7-13-21-29/h1,4-6,8-12,15-16,18-27H,7,13-14,17H2,2H3. The number of allylic oxidation sites excluding steroid dienone is 6. The summed E-state index contributed by atoms with van der Waals surface area (Å²) in [5.74, 6) is 3.57. The lowest BCUT2D eigenvalue weighted by molar-refractivity contribution is 0.111. The second-order valence-corrected chi connectivity index (χ2v) is 11.8. The molecule has 4 atom stereocenters. The van der Waals surface area contributed by atoms with Crippen LogP contribution in [0.3, 0.4) is 0 Å². The van der Waals surface area contributed by atoms with Crippen LogP contribution in [-0.2, 0) is 22.7 Å². The number of phosphoric ester groups is 2. The first-order chi connectivity index (χ1) is 19.9. The van der Waals surface area contributed by atoms with E-state index in [1.165, 1.54) is 24.3 Å². The second-order valence-electron chi connectivity index (χ2n) is 8.90. The predicted octanol–water partition coefficient (Wildman–Crippen LogP) is 8.88. The van der Waals surface area contributed by atoms with Gasteiger partial charge in [-0.3, -0.25) is 9.05 Å². The molecule has 0 aliphatic heterocycles. The molecule has 0 radical (unpaired) electrons. The summed E-state index contributed by atoms with van der Waals surface area (Å²) < 4.78 is 62.0. The summed E-state index contributed by atoms with van der Waals surface area (Å²) in [6, 6.07) is 14.6. The molecule has 0 amide bonds. The Morgan fingerprint density at radius 1 is 0.902 bits per heavy atom. The first-order valence-corrected chi connectivity index (χ1v) is 16.1. The Balaban J connectivity index is 1.52. The number of rotatable bonds is 14. The number of terminal acetylenes is 1. The molecule has 4 unspecified atom stereocenters. The van der Waals surface area contributed by atoms with Crippen LogP contribution in [0, 0.1) is 12.3 Å². The lowest BCUT2D eigenvalue weighted by Crippen LogP contribution is -2.17. The van der Waals surface area contributed by atoms with Crippen molar-refractivity contribution in [2.45, 2.75) is 44.8 Å². The van der Waals surface area contributed by atoms with E-state index in [4.69, 9.17) is 33.6 Å². The zero-order chi connectivity index (χ0) is 29.0. The van der Waals surface area contributed by atoms with Crippen molar-refractivity contribution < 1.29 is 36.3 Å². The molecule has 0 N–H and O–H groups in total. The zero-order valence-corrected chi connectivity index (χ0v) is 24.4. The molecule has 2 aliphatic rings. The molecule has 0 saturated heterocycles. The lowest BCUT2D eigenvalue weighted by Gasteiger charge is -2.25. The second kappa shape index (κ2) is 14.8. The molecule has 0 bridgehead atoms. The van der Waals surface area contributed by atoms with Crippen molar-refractivity contribution in [3.63, 3.8) is 0 Å². The third kappa shape index (κ3) is 9.70. The normalized spacial score (nSPS) is 19.8. The molecule has 0 fully saturated rings. The van der Waals surface area contributed by atoms with E-state index in [0.717, 1.165) is 12.8 Å². The van der Waals surface area contributed by atoms with Crippen molar-refractivity contribution in [3.8, 4) is 29.6 Å². The van der Waals surface area contributed by atoms with Gasteiger partial charge in [0.2, 0.25) is 0 Å². The van der Waals surface area contributed by atoms with Crippen molar-refractivity contribution in [3.05, 3.63) is 115 Å². The molecule has 0 aromatic heterocycles. The van der Waals surface area contributed by atoms with Gasteiger partial charge in [-0.25, -0.2) is 4.57 Å². The highest BCUT2D eigenvalue weighted by Gasteiger charge is 2.36. The maximum atomic E-state index is 13.8. The van der Waals surface area contributed by atoms with Gasteiger partial charge in [0.25, 0.3) is 0 Å². The van der Waals surface area contributed by atoms with Crippen LogP contribution in [-0.4, -0.2) is 12.2 Å². The number of hydrogen-bond donors (Lipinski definition) is 0. The monoisotopic (exact) mass is 594 g/mol. The molecule has 0 saturated carbocycles. The minimum absolute atomic E-state index is 0.174. The van der Waals surface area contributed by atoms with Gasteiger partial charge in [0, 0.05) is 6.42 Å². The summed E-state index contributed by atoms with van der Waals surface area (Å²) in [5, 5.41) is 0. The molecule has 0 heterocycles. The van der Waals surface area contributed by atoms with Crippen LogP contribution in [0.15, 0.2) is 115 Å². The molecule has 41 heavy (non-hydrogen) atoms. The van der Waals surface area contributed by atoms with Crippen LogP contribution < -0.4 is 13.6 Å². The van der Waals surface area contributed by atoms with Gasteiger partial charge in [-0.2, -0.15) is 4.57 Å². The minimum atomic E-state index is -4.15. The third-order valence-corrected chi connectivity index (χ3v) is 8.39.